The second-order valence-electron chi connectivity index (χ2n) is 4.62. The highest BCUT2D eigenvalue weighted by atomic mass is 16.2. The molecule has 1 saturated heterocycles. The SMILES string of the molecule is NC(=O)c1ccc(N2CCCC2CCCO)nc1. The molecule has 2 rings (SSSR count). The molecule has 1 aliphatic rings. The summed E-state index contributed by atoms with van der Waals surface area (Å²) in [7, 11) is 0. The van der Waals surface area contributed by atoms with Gasteiger partial charge in [0.15, 0.2) is 0 Å². The third-order valence-corrected chi connectivity index (χ3v) is 3.40. The quantitative estimate of drug-likeness (QED) is 0.813. The first kappa shape index (κ1) is 12.8. The van der Waals surface area contributed by atoms with Crippen LogP contribution in [-0.2, 0) is 0 Å². The number of nitrogens with zero attached hydrogens (tertiary/aromatic N) is 2. The Hall–Kier alpha value is -1.62. The molecule has 1 aromatic rings. The van der Waals surface area contributed by atoms with E-state index in [0.717, 1.165) is 38.0 Å². The minimum absolute atomic E-state index is 0.235. The van der Waals surface area contributed by atoms with Crippen LogP contribution < -0.4 is 10.6 Å². The van der Waals surface area contributed by atoms with Gasteiger partial charge in [-0.05, 0) is 37.8 Å². The molecule has 0 spiro atoms. The molecule has 0 aromatic carbocycles. The predicted octanol–water partition coefficient (Wildman–Crippen LogP) is 0.922. The Balaban J connectivity index is 2.07. The molecule has 1 aromatic heterocycles. The van der Waals surface area contributed by atoms with Crippen LogP contribution in [0, 0.1) is 0 Å². The summed E-state index contributed by atoms with van der Waals surface area (Å²) in [6.07, 6.45) is 5.62. The molecule has 1 unspecified atom stereocenters. The number of carbonyl (C=O) groups excluding carboxylic acids is 1. The molecule has 0 radical (unpaired) electrons. The summed E-state index contributed by atoms with van der Waals surface area (Å²) in [4.78, 5) is 17.5. The fraction of sp³-hybridized carbons (Fsp3) is 0.538. The van der Waals surface area contributed by atoms with Crippen molar-refractivity contribution < 1.29 is 9.90 Å². The molecular formula is C13H19N3O2. The van der Waals surface area contributed by atoms with Gasteiger partial charge in [0.1, 0.15) is 5.82 Å². The summed E-state index contributed by atoms with van der Waals surface area (Å²) in [5, 5.41) is 8.90. The average Bonchev–Trinajstić information content (AvgIpc) is 2.84. The minimum atomic E-state index is -0.452. The van der Waals surface area contributed by atoms with Crippen LogP contribution >= 0.6 is 0 Å². The van der Waals surface area contributed by atoms with Crippen molar-refractivity contribution in [1.82, 2.24) is 4.98 Å². The second-order valence-corrected chi connectivity index (χ2v) is 4.62. The lowest BCUT2D eigenvalue weighted by Crippen LogP contribution is -2.30. The van der Waals surface area contributed by atoms with Crippen LogP contribution in [0.25, 0.3) is 0 Å². The number of amides is 1. The summed E-state index contributed by atoms with van der Waals surface area (Å²) in [5.41, 5.74) is 5.63. The molecule has 5 nitrogen and oxygen atoms in total. The van der Waals surface area contributed by atoms with E-state index in [1.807, 2.05) is 6.07 Å². The van der Waals surface area contributed by atoms with Crippen molar-refractivity contribution in [2.45, 2.75) is 31.7 Å². The Kier molecular flexibility index (Phi) is 4.15. The number of aliphatic hydroxyl groups excluding tert-OH is 1. The number of rotatable bonds is 5. The number of carbonyl (C=O) groups is 1. The lowest BCUT2D eigenvalue weighted by atomic mass is 10.1. The molecule has 1 aliphatic heterocycles. The third-order valence-electron chi connectivity index (χ3n) is 3.40. The normalized spacial score (nSPS) is 19.2. The van der Waals surface area contributed by atoms with Gasteiger partial charge >= 0.3 is 0 Å². The molecule has 0 saturated carbocycles. The van der Waals surface area contributed by atoms with Crippen LogP contribution in [0.2, 0.25) is 0 Å². The Morgan fingerprint density at radius 1 is 1.56 bits per heavy atom. The summed E-state index contributed by atoms with van der Waals surface area (Å²) in [6.45, 7) is 1.22. The number of aromatic nitrogens is 1. The number of primary amides is 1. The van der Waals surface area contributed by atoms with Crippen molar-refractivity contribution in [2.75, 3.05) is 18.1 Å². The number of hydrogen-bond acceptors (Lipinski definition) is 4. The second kappa shape index (κ2) is 5.82. The summed E-state index contributed by atoms with van der Waals surface area (Å²) in [6, 6.07) is 4.01. The fourth-order valence-electron chi connectivity index (χ4n) is 2.47. The van der Waals surface area contributed by atoms with E-state index in [2.05, 4.69) is 9.88 Å². The molecule has 1 atom stereocenters. The van der Waals surface area contributed by atoms with Crippen molar-refractivity contribution in [3.05, 3.63) is 23.9 Å². The average molecular weight is 249 g/mol. The monoisotopic (exact) mass is 249 g/mol. The zero-order valence-electron chi connectivity index (χ0n) is 10.4. The van der Waals surface area contributed by atoms with Gasteiger partial charge in [-0.2, -0.15) is 0 Å². The standard InChI is InChI=1S/C13H19N3O2/c14-13(18)10-5-6-12(15-9-10)16-7-1-3-11(16)4-2-8-17/h5-6,9,11,17H,1-4,7-8H2,(H2,14,18). The topological polar surface area (TPSA) is 79.5 Å². The van der Waals surface area contributed by atoms with Gasteiger partial charge in [0.2, 0.25) is 5.91 Å². The van der Waals surface area contributed by atoms with Gasteiger partial charge in [-0.15, -0.1) is 0 Å². The van der Waals surface area contributed by atoms with Gasteiger partial charge in [-0.3, -0.25) is 4.79 Å². The van der Waals surface area contributed by atoms with E-state index in [-0.39, 0.29) is 6.61 Å². The van der Waals surface area contributed by atoms with Gasteiger partial charge in [0, 0.05) is 25.4 Å². The maximum absolute atomic E-state index is 11.0. The van der Waals surface area contributed by atoms with Crippen LogP contribution in [0.15, 0.2) is 18.3 Å². The Morgan fingerprint density at radius 2 is 2.39 bits per heavy atom. The Bertz CT molecular complexity index is 405. The van der Waals surface area contributed by atoms with E-state index in [4.69, 9.17) is 10.8 Å². The highest BCUT2D eigenvalue weighted by Crippen LogP contribution is 2.26. The lowest BCUT2D eigenvalue weighted by molar-refractivity contribution is 0.1000. The highest BCUT2D eigenvalue weighted by molar-refractivity contribution is 5.92. The van der Waals surface area contributed by atoms with E-state index >= 15 is 0 Å². The van der Waals surface area contributed by atoms with Crippen molar-refractivity contribution in [3.63, 3.8) is 0 Å². The zero-order valence-corrected chi connectivity index (χ0v) is 10.4. The summed E-state index contributed by atoms with van der Waals surface area (Å²) >= 11 is 0. The van der Waals surface area contributed by atoms with E-state index in [1.165, 1.54) is 6.20 Å². The van der Waals surface area contributed by atoms with Crippen LogP contribution in [0.3, 0.4) is 0 Å². The fourth-order valence-corrected chi connectivity index (χ4v) is 2.47. The molecule has 1 amide bonds. The molecular weight excluding hydrogens is 230 g/mol. The number of anilines is 1. The van der Waals surface area contributed by atoms with E-state index in [0.29, 0.717) is 11.6 Å². The number of hydrogen-bond donors (Lipinski definition) is 2. The predicted molar refractivity (Wildman–Crippen MR) is 69.4 cm³/mol. The lowest BCUT2D eigenvalue weighted by Gasteiger charge is -2.25. The van der Waals surface area contributed by atoms with Gasteiger partial charge < -0.3 is 15.7 Å². The van der Waals surface area contributed by atoms with Crippen LogP contribution in [0.5, 0.6) is 0 Å². The Morgan fingerprint density at radius 3 is 3.00 bits per heavy atom. The summed E-state index contributed by atoms with van der Waals surface area (Å²) < 4.78 is 0. The minimum Gasteiger partial charge on any atom is -0.396 e. The first-order valence-corrected chi connectivity index (χ1v) is 6.35. The molecule has 3 N–H and O–H groups in total. The van der Waals surface area contributed by atoms with E-state index in [1.54, 1.807) is 6.07 Å². The van der Waals surface area contributed by atoms with Gasteiger partial charge in [0.25, 0.3) is 0 Å². The smallest absolute Gasteiger partial charge is 0.250 e. The number of aliphatic hydroxyl groups is 1. The molecule has 0 bridgehead atoms. The highest BCUT2D eigenvalue weighted by Gasteiger charge is 2.24. The van der Waals surface area contributed by atoms with Gasteiger partial charge in [-0.1, -0.05) is 0 Å². The van der Waals surface area contributed by atoms with E-state index < -0.39 is 5.91 Å². The molecule has 1 fully saturated rings. The van der Waals surface area contributed by atoms with Gasteiger partial charge in [0.05, 0.1) is 5.56 Å². The molecule has 18 heavy (non-hydrogen) atoms. The van der Waals surface area contributed by atoms with Crippen LogP contribution in [0.1, 0.15) is 36.0 Å². The Labute approximate surface area is 107 Å². The first-order valence-electron chi connectivity index (χ1n) is 6.35. The van der Waals surface area contributed by atoms with Crippen LogP contribution in [-0.4, -0.2) is 35.2 Å². The zero-order chi connectivity index (χ0) is 13.0. The molecule has 0 aliphatic carbocycles. The largest absolute Gasteiger partial charge is 0.396 e. The van der Waals surface area contributed by atoms with Crippen molar-refractivity contribution in [2.24, 2.45) is 5.73 Å². The van der Waals surface area contributed by atoms with Crippen LogP contribution in [0.4, 0.5) is 5.82 Å². The molecule has 98 valence electrons. The molecule has 5 heteroatoms. The van der Waals surface area contributed by atoms with Crippen molar-refractivity contribution in [3.8, 4) is 0 Å². The van der Waals surface area contributed by atoms with Gasteiger partial charge in [-0.25, -0.2) is 4.98 Å². The van der Waals surface area contributed by atoms with E-state index in [9.17, 15) is 4.79 Å². The van der Waals surface area contributed by atoms with Crippen molar-refractivity contribution in [1.29, 1.82) is 0 Å². The maximum Gasteiger partial charge on any atom is 0.250 e. The van der Waals surface area contributed by atoms with Crippen molar-refractivity contribution >= 4 is 11.7 Å². The number of nitrogens with two attached hydrogens (primary N) is 1. The maximum atomic E-state index is 11.0. The summed E-state index contributed by atoms with van der Waals surface area (Å²) in [5.74, 6) is 0.438. The molecule has 2 heterocycles. The first-order chi connectivity index (χ1) is 8.72. The number of pyridine rings is 1. The third kappa shape index (κ3) is 2.79.